The van der Waals surface area contributed by atoms with E-state index in [1.54, 1.807) is 0 Å². The molecule has 2 heterocycles. The number of carbonyl (C=O) groups excluding carboxylic acids is 2. The molecule has 0 saturated heterocycles. The van der Waals surface area contributed by atoms with Crippen molar-refractivity contribution in [2.45, 2.75) is 13.8 Å². The van der Waals surface area contributed by atoms with Crippen molar-refractivity contribution in [1.29, 1.82) is 0 Å². The van der Waals surface area contributed by atoms with Crippen LogP contribution in [0.2, 0.25) is 0 Å². The fourth-order valence-corrected chi connectivity index (χ4v) is 4.49. The zero-order valence-electron chi connectivity index (χ0n) is 20.8. The van der Waals surface area contributed by atoms with Crippen LogP contribution in [0.15, 0.2) is 84.9 Å². The number of benzene rings is 4. The number of amides is 2. The van der Waals surface area contributed by atoms with Crippen LogP contribution in [0.1, 0.15) is 13.8 Å². The second kappa shape index (κ2) is 9.33. The van der Waals surface area contributed by atoms with Crippen molar-refractivity contribution in [3.8, 4) is 33.9 Å². The number of hydrogen-bond donors (Lipinski definition) is 4. The second-order valence-electron chi connectivity index (χ2n) is 9.15. The molecule has 0 aliphatic rings. The summed E-state index contributed by atoms with van der Waals surface area (Å²) in [6.07, 6.45) is 0. The summed E-state index contributed by atoms with van der Waals surface area (Å²) in [5, 5.41) is 5.58. The summed E-state index contributed by atoms with van der Waals surface area (Å²) in [5.41, 5.74) is 8.98. The topological polar surface area (TPSA) is 116 Å². The van der Waals surface area contributed by atoms with Crippen LogP contribution in [0, 0.1) is 0 Å². The maximum atomic E-state index is 11.3. The van der Waals surface area contributed by atoms with E-state index in [-0.39, 0.29) is 11.8 Å². The third kappa shape index (κ3) is 4.62. The molecule has 4 N–H and O–H groups in total. The van der Waals surface area contributed by atoms with Crippen molar-refractivity contribution in [2.24, 2.45) is 0 Å². The van der Waals surface area contributed by atoms with E-state index >= 15 is 0 Å². The number of aromatic nitrogens is 4. The lowest BCUT2D eigenvalue weighted by molar-refractivity contribution is -0.115. The molecule has 0 unspecified atom stereocenters. The minimum absolute atomic E-state index is 0.112. The van der Waals surface area contributed by atoms with Crippen LogP contribution in [0.4, 0.5) is 11.4 Å². The van der Waals surface area contributed by atoms with Crippen molar-refractivity contribution in [2.75, 3.05) is 10.6 Å². The van der Waals surface area contributed by atoms with E-state index in [9.17, 15) is 9.59 Å². The lowest BCUT2D eigenvalue weighted by atomic mass is 10.0. The van der Waals surface area contributed by atoms with Crippen molar-refractivity contribution < 1.29 is 9.59 Å². The molecule has 0 bridgehead atoms. The van der Waals surface area contributed by atoms with E-state index in [4.69, 9.17) is 9.97 Å². The molecule has 0 aliphatic carbocycles. The predicted molar refractivity (Wildman–Crippen MR) is 151 cm³/mol. The predicted octanol–water partition coefficient (Wildman–Crippen LogP) is 6.36. The Hall–Kier alpha value is -5.24. The Morgan fingerprint density at radius 3 is 1.29 bits per heavy atom. The van der Waals surface area contributed by atoms with Gasteiger partial charge < -0.3 is 20.6 Å². The number of fused-ring (bicyclic) bond motifs is 2. The van der Waals surface area contributed by atoms with Gasteiger partial charge in [-0.3, -0.25) is 9.59 Å². The maximum absolute atomic E-state index is 11.3. The normalized spacial score (nSPS) is 11.1. The Kier molecular flexibility index (Phi) is 5.69. The highest BCUT2D eigenvalue weighted by Crippen LogP contribution is 2.28. The van der Waals surface area contributed by atoms with Crippen LogP contribution in [-0.2, 0) is 9.59 Å². The number of imidazole rings is 2. The molecular formula is C30H24N6O2. The lowest BCUT2D eigenvalue weighted by Crippen LogP contribution is -2.05. The van der Waals surface area contributed by atoms with E-state index in [0.717, 1.165) is 67.3 Å². The van der Waals surface area contributed by atoms with Gasteiger partial charge >= 0.3 is 0 Å². The number of H-pyrrole nitrogens is 2. The minimum atomic E-state index is -0.112. The highest BCUT2D eigenvalue weighted by molar-refractivity contribution is 5.93. The number of rotatable bonds is 5. The molecule has 2 amide bonds. The fourth-order valence-electron chi connectivity index (χ4n) is 4.49. The van der Waals surface area contributed by atoms with Gasteiger partial charge in [0.1, 0.15) is 11.6 Å². The highest BCUT2D eigenvalue weighted by atomic mass is 16.2. The molecule has 186 valence electrons. The monoisotopic (exact) mass is 500 g/mol. The van der Waals surface area contributed by atoms with Crippen molar-refractivity contribution >= 4 is 45.3 Å². The van der Waals surface area contributed by atoms with Gasteiger partial charge in [-0.1, -0.05) is 48.5 Å². The summed E-state index contributed by atoms with van der Waals surface area (Å²) in [6.45, 7) is 2.97. The molecule has 0 aliphatic heterocycles. The zero-order valence-corrected chi connectivity index (χ0v) is 20.8. The number of carbonyl (C=O) groups is 2. The Morgan fingerprint density at radius 1 is 0.553 bits per heavy atom. The van der Waals surface area contributed by atoms with Crippen LogP contribution in [0.25, 0.3) is 56.0 Å². The lowest BCUT2D eigenvalue weighted by Gasteiger charge is -2.04. The van der Waals surface area contributed by atoms with Gasteiger partial charge in [0.2, 0.25) is 11.8 Å². The van der Waals surface area contributed by atoms with Crippen LogP contribution in [-0.4, -0.2) is 31.8 Å². The van der Waals surface area contributed by atoms with E-state index in [1.807, 2.05) is 60.7 Å². The van der Waals surface area contributed by atoms with E-state index in [0.29, 0.717) is 0 Å². The number of anilines is 2. The molecule has 4 aromatic carbocycles. The summed E-state index contributed by atoms with van der Waals surface area (Å²) < 4.78 is 0. The summed E-state index contributed by atoms with van der Waals surface area (Å²) in [4.78, 5) is 38.8. The van der Waals surface area contributed by atoms with Gasteiger partial charge in [-0.15, -0.1) is 0 Å². The molecule has 8 nitrogen and oxygen atoms in total. The Labute approximate surface area is 218 Å². The van der Waals surface area contributed by atoms with Crippen LogP contribution >= 0.6 is 0 Å². The van der Waals surface area contributed by atoms with Gasteiger partial charge in [-0.25, -0.2) is 9.97 Å². The molecular weight excluding hydrogens is 476 g/mol. The van der Waals surface area contributed by atoms with Crippen molar-refractivity contribution in [1.82, 2.24) is 19.9 Å². The van der Waals surface area contributed by atoms with Gasteiger partial charge in [-0.05, 0) is 47.5 Å². The average Bonchev–Trinajstić information content (AvgIpc) is 3.52. The largest absolute Gasteiger partial charge is 0.338 e. The summed E-state index contributed by atoms with van der Waals surface area (Å²) >= 11 is 0. The third-order valence-electron chi connectivity index (χ3n) is 6.26. The molecule has 0 radical (unpaired) electrons. The number of aromatic amines is 2. The summed E-state index contributed by atoms with van der Waals surface area (Å²) in [5.74, 6) is 1.32. The first-order chi connectivity index (χ1) is 18.4. The third-order valence-corrected chi connectivity index (χ3v) is 6.26. The number of nitrogens with one attached hydrogen (secondary N) is 4. The van der Waals surface area contributed by atoms with Gasteiger partial charge in [0.25, 0.3) is 0 Å². The first kappa shape index (κ1) is 23.2. The molecule has 2 aromatic heterocycles. The number of hydrogen-bond acceptors (Lipinski definition) is 4. The molecule has 38 heavy (non-hydrogen) atoms. The van der Waals surface area contributed by atoms with Gasteiger partial charge in [0, 0.05) is 36.3 Å². The van der Waals surface area contributed by atoms with Gasteiger partial charge in [-0.2, -0.15) is 0 Å². The average molecular weight is 501 g/mol. The SMILES string of the molecule is CC(=O)Nc1ccc2[nH]c(-c3ccc(-c4ccc(-c5nc6cc(NC(C)=O)ccc6[nH]5)cc4)cc3)nc2c1. The molecule has 0 fully saturated rings. The first-order valence-electron chi connectivity index (χ1n) is 12.2. The van der Waals surface area contributed by atoms with Crippen molar-refractivity contribution in [3.63, 3.8) is 0 Å². The summed E-state index contributed by atoms with van der Waals surface area (Å²) in [6, 6.07) is 27.7. The minimum Gasteiger partial charge on any atom is -0.338 e. The van der Waals surface area contributed by atoms with Crippen LogP contribution in [0.3, 0.4) is 0 Å². The molecule has 0 atom stereocenters. The van der Waals surface area contributed by atoms with Gasteiger partial charge in [0.15, 0.2) is 0 Å². The van der Waals surface area contributed by atoms with Crippen molar-refractivity contribution in [3.05, 3.63) is 84.9 Å². The molecule has 6 rings (SSSR count). The smallest absolute Gasteiger partial charge is 0.221 e. The first-order valence-corrected chi connectivity index (χ1v) is 12.2. The summed E-state index contributed by atoms with van der Waals surface area (Å²) in [7, 11) is 0. The van der Waals surface area contributed by atoms with E-state index in [2.05, 4.69) is 44.9 Å². The quantitative estimate of drug-likeness (QED) is 0.220. The fraction of sp³-hybridized carbons (Fsp3) is 0.0667. The Morgan fingerprint density at radius 2 is 0.921 bits per heavy atom. The van der Waals surface area contributed by atoms with Crippen LogP contribution < -0.4 is 10.6 Å². The van der Waals surface area contributed by atoms with E-state index in [1.165, 1.54) is 13.8 Å². The standard InChI is InChI=1S/C30H24N6O2/c1-17(37)31-23-11-13-25-27(15-23)35-29(33-25)21-7-3-19(4-8-21)20-5-9-22(10-6-20)30-34-26-14-12-24(32-18(2)38)16-28(26)36-30/h3-16H,1-2H3,(H,31,37)(H,32,38)(H,33,35)(H,34,36). The van der Waals surface area contributed by atoms with Gasteiger partial charge in [0.05, 0.1) is 22.1 Å². The Balaban J connectivity index is 1.21. The maximum Gasteiger partial charge on any atom is 0.221 e. The molecule has 6 aromatic rings. The molecule has 8 heteroatoms. The second-order valence-corrected chi connectivity index (χ2v) is 9.15. The highest BCUT2D eigenvalue weighted by Gasteiger charge is 2.10. The van der Waals surface area contributed by atoms with E-state index < -0.39 is 0 Å². The Bertz CT molecular complexity index is 1680. The zero-order chi connectivity index (χ0) is 26.2. The van der Waals surface area contributed by atoms with Crippen LogP contribution in [0.5, 0.6) is 0 Å². The number of nitrogens with zero attached hydrogens (tertiary/aromatic N) is 2. The molecule has 0 saturated carbocycles. The molecule has 0 spiro atoms.